The van der Waals surface area contributed by atoms with E-state index in [0.29, 0.717) is 16.3 Å². The Kier molecular flexibility index (Phi) is 1.60. The van der Waals surface area contributed by atoms with Gasteiger partial charge in [0.25, 0.3) is 5.91 Å². The molecule has 13 heavy (non-hydrogen) atoms. The molecule has 1 aromatic carbocycles. The summed E-state index contributed by atoms with van der Waals surface area (Å²) in [5, 5.41) is 2.87. The van der Waals surface area contributed by atoms with Gasteiger partial charge in [0.15, 0.2) is 0 Å². The number of amides is 1. The van der Waals surface area contributed by atoms with Crippen LogP contribution in [0.4, 0.5) is 10.1 Å². The molecule has 0 aliphatic carbocycles. The van der Waals surface area contributed by atoms with Crippen LogP contribution in [0.3, 0.4) is 0 Å². The van der Waals surface area contributed by atoms with Gasteiger partial charge in [-0.3, -0.25) is 4.79 Å². The lowest BCUT2D eigenvalue weighted by Crippen LogP contribution is -2.25. The van der Waals surface area contributed by atoms with Crippen molar-refractivity contribution in [2.45, 2.75) is 12.6 Å². The summed E-state index contributed by atoms with van der Waals surface area (Å²) in [6.45, 7) is 1.23. The maximum atomic E-state index is 13.7. The van der Waals surface area contributed by atoms with Crippen LogP contribution in [0.25, 0.3) is 0 Å². The third-order valence-electron chi connectivity index (χ3n) is 2.16. The molecule has 2 rings (SSSR count). The number of anilines is 1. The molecule has 1 aromatic rings. The molecule has 1 N–H and O–H groups in total. The molecule has 1 aliphatic rings. The monoisotopic (exact) mass is 199 g/mol. The van der Waals surface area contributed by atoms with E-state index in [2.05, 4.69) is 5.32 Å². The van der Waals surface area contributed by atoms with E-state index in [1.54, 1.807) is 12.1 Å². The van der Waals surface area contributed by atoms with Gasteiger partial charge in [0, 0.05) is 16.3 Å². The quantitative estimate of drug-likeness (QED) is 0.684. The van der Waals surface area contributed by atoms with Crippen molar-refractivity contribution < 1.29 is 9.18 Å². The summed E-state index contributed by atoms with van der Waals surface area (Å²) >= 11 is 5.69. The van der Waals surface area contributed by atoms with Gasteiger partial charge in [-0.25, -0.2) is 4.39 Å². The Morgan fingerprint density at radius 3 is 2.92 bits per heavy atom. The van der Waals surface area contributed by atoms with Crippen LogP contribution < -0.4 is 5.32 Å². The summed E-state index contributed by atoms with van der Waals surface area (Å²) in [6.07, 6.45) is 0. The van der Waals surface area contributed by atoms with Gasteiger partial charge in [-0.05, 0) is 25.1 Å². The third kappa shape index (κ3) is 1.11. The highest BCUT2D eigenvalue weighted by molar-refractivity contribution is 6.31. The Bertz CT molecular complexity index is 389. The zero-order valence-corrected chi connectivity index (χ0v) is 7.65. The standard InChI is InChI=1S/C9H7ClFNO/c1-9(11)6-4-5(10)2-3-7(6)12-8(9)13/h2-4H,1H3,(H,12,13). The first-order valence-electron chi connectivity index (χ1n) is 3.82. The number of carbonyl (C=O) groups excluding carboxylic acids is 1. The lowest BCUT2D eigenvalue weighted by atomic mass is 10.00. The number of hydrogen-bond acceptors (Lipinski definition) is 1. The normalized spacial score (nSPS) is 25.6. The van der Waals surface area contributed by atoms with E-state index in [9.17, 15) is 9.18 Å². The number of hydrogen-bond donors (Lipinski definition) is 1. The van der Waals surface area contributed by atoms with Crippen LogP contribution in [0.2, 0.25) is 5.02 Å². The second-order valence-corrected chi connectivity index (χ2v) is 3.58. The molecule has 1 atom stereocenters. The fraction of sp³-hybridized carbons (Fsp3) is 0.222. The molecule has 2 nitrogen and oxygen atoms in total. The Balaban J connectivity index is 2.64. The molecular weight excluding hydrogens is 193 g/mol. The summed E-state index contributed by atoms with van der Waals surface area (Å²) in [4.78, 5) is 11.1. The van der Waals surface area contributed by atoms with Crippen molar-refractivity contribution in [2.24, 2.45) is 0 Å². The van der Waals surface area contributed by atoms with E-state index < -0.39 is 11.6 Å². The third-order valence-corrected chi connectivity index (χ3v) is 2.40. The second kappa shape index (κ2) is 2.45. The number of fused-ring (bicyclic) bond motifs is 1. The van der Waals surface area contributed by atoms with Gasteiger partial charge in [0.2, 0.25) is 5.67 Å². The maximum absolute atomic E-state index is 13.7. The maximum Gasteiger partial charge on any atom is 0.266 e. The van der Waals surface area contributed by atoms with Gasteiger partial charge in [-0.2, -0.15) is 0 Å². The van der Waals surface area contributed by atoms with Crippen molar-refractivity contribution in [1.29, 1.82) is 0 Å². The van der Waals surface area contributed by atoms with E-state index in [4.69, 9.17) is 11.6 Å². The summed E-state index contributed by atoms with van der Waals surface area (Å²) in [7, 11) is 0. The number of benzene rings is 1. The Labute approximate surface area is 79.7 Å². The highest BCUT2D eigenvalue weighted by Gasteiger charge is 2.43. The molecule has 68 valence electrons. The first-order valence-corrected chi connectivity index (χ1v) is 4.20. The van der Waals surface area contributed by atoms with E-state index in [-0.39, 0.29) is 0 Å². The molecule has 0 saturated heterocycles. The van der Waals surface area contributed by atoms with Gasteiger partial charge in [0.1, 0.15) is 0 Å². The number of rotatable bonds is 0. The second-order valence-electron chi connectivity index (χ2n) is 3.15. The predicted octanol–water partition coefficient (Wildman–Crippen LogP) is 2.48. The molecule has 0 saturated carbocycles. The Hall–Kier alpha value is -1.09. The average Bonchev–Trinajstić information content (AvgIpc) is 2.27. The summed E-state index contributed by atoms with van der Waals surface area (Å²) in [6, 6.07) is 4.68. The van der Waals surface area contributed by atoms with E-state index in [1.165, 1.54) is 13.0 Å². The number of halogens is 2. The van der Waals surface area contributed by atoms with Crippen LogP contribution in [0.1, 0.15) is 12.5 Å². The van der Waals surface area contributed by atoms with Gasteiger partial charge in [-0.15, -0.1) is 0 Å². The highest BCUT2D eigenvalue weighted by atomic mass is 35.5. The molecule has 0 bridgehead atoms. The van der Waals surface area contributed by atoms with Crippen molar-refractivity contribution in [3.8, 4) is 0 Å². The number of carbonyl (C=O) groups is 1. The van der Waals surface area contributed by atoms with Crippen molar-refractivity contribution in [3.05, 3.63) is 28.8 Å². The Morgan fingerprint density at radius 2 is 2.23 bits per heavy atom. The molecule has 1 heterocycles. The molecule has 4 heteroatoms. The average molecular weight is 200 g/mol. The van der Waals surface area contributed by atoms with Crippen LogP contribution in [0.15, 0.2) is 18.2 Å². The van der Waals surface area contributed by atoms with Crippen LogP contribution in [-0.4, -0.2) is 5.91 Å². The minimum absolute atomic E-state index is 0.310. The molecule has 0 radical (unpaired) electrons. The predicted molar refractivity (Wildman–Crippen MR) is 48.5 cm³/mol. The molecule has 1 aliphatic heterocycles. The van der Waals surface area contributed by atoms with Crippen molar-refractivity contribution in [2.75, 3.05) is 5.32 Å². The lowest BCUT2D eigenvalue weighted by Gasteiger charge is -2.09. The highest BCUT2D eigenvalue weighted by Crippen LogP contribution is 2.39. The first kappa shape index (κ1) is 8.51. The first-order chi connectivity index (χ1) is 6.01. The van der Waals surface area contributed by atoms with Crippen LogP contribution in [0.5, 0.6) is 0 Å². The van der Waals surface area contributed by atoms with Crippen LogP contribution in [0, 0.1) is 0 Å². The van der Waals surface area contributed by atoms with Gasteiger partial charge < -0.3 is 5.32 Å². The van der Waals surface area contributed by atoms with E-state index in [1.807, 2.05) is 0 Å². The minimum atomic E-state index is -1.96. The number of alkyl halides is 1. The SMILES string of the molecule is CC1(F)C(=O)Nc2ccc(Cl)cc21. The molecule has 1 unspecified atom stereocenters. The van der Waals surface area contributed by atoms with Crippen LogP contribution >= 0.6 is 11.6 Å². The van der Waals surface area contributed by atoms with Gasteiger partial charge >= 0.3 is 0 Å². The summed E-state index contributed by atoms with van der Waals surface area (Å²) in [5.74, 6) is -0.634. The van der Waals surface area contributed by atoms with Gasteiger partial charge in [0.05, 0.1) is 0 Å². The topological polar surface area (TPSA) is 29.1 Å². The number of nitrogens with one attached hydrogen (secondary N) is 1. The molecule has 1 amide bonds. The molecular formula is C9H7ClFNO. The van der Waals surface area contributed by atoms with Crippen LogP contribution in [-0.2, 0) is 10.5 Å². The molecule has 0 aromatic heterocycles. The largest absolute Gasteiger partial charge is 0.323 e. The fourth-order valence-corrected chi connectivity index (χ4v) is 1.55. The molecule has 0 spiro atoms. The zero-order chi connectivity index (χ0) is 9.64. The fourth-order valence-electron chi connectivity index (χ4n) is 1.38. The zero-order valence-electron chi connectivity index (χ0n) is 6.90. The minimum Gasteiger partial charge on any atom is -0.323 e. The summed E-state index contributed by atoms with van der Waals surface area (Å²) < 4.78 is 13.7. The van der Waals surface area contributed by atoms with Crippen molar-refractivity contribution in [1.82, 2.24) is 0 Å². The van der Waals surface area contributed by atoms with E-state index in [0.717, 1.165) is 0 Å². The van der Waals surface area contributed by atoms with Crippen molar-refractivity contribution >= 4 is 23.2 Å². The summed E-state index contributed by atoms with van der Waals surface area (Å²) in [5.41, 5.74) is -1.15. The molecule has 0 fully saturated rings. The lowest BCUT2D eigenvalue weighted by molar-refractivity contribution is -0.125. The Morgan fingerprint density at radius 1 is 1.54 bits per heavy atom. The van der Waals surface area contributed by atoms with E-state index >= 15 is 0 Å². The van der Waals surface area contributed by atoms with Gasteiger partial charge in [-0.1, -0.05) is 11.6 Å². The smallest absolute Gasteiger partial charge is 0.266 e. The van der Waals surface area contributed by atoms with Crippen molar-refractivity contribution in [3.63, 3.8) is 0 Å².